The zero-order valence-corrected chi connectivity index (χ0v) is 8.13. The standard InChI is InChI=1S/C7H7.C5H.Fe/c1-2-7-5-3-4-6-7;1-2-4-5-3-1;/h2-6H,1H2;1H;/q-1;-5;. The number of hydrogen-bond acceptors (Lipinski definition) is 0. The van der Waals surface area contributed by atoms with Gasteiger partial charge in [0.2, 0.25) is 0 Å². The molecule has 1 heteroatoms. The predicted octanol–water partition coefficient (Wildman–Crippen LogP) is 2.65. The summed E-state index contributed by atoms with van der Waals surface area (Å²) in [6.07, 6.45) is 1.83. The van der Waals surface area contributed by atoms with Crippen molar-refractivity contribution in [2.45, 2.75) is 0 Å². The molecule has 0 unspecified atom stereocenters. The van der Waals surface area contributed by atoms with E-state index in [4.69, 9.17) is 0 Å². The topological polar surface area (TPSA) is 0 Å². The van der Waals surface area contributed by atoms with Crippen LogP contribution in [-0.4, -0.2) is 0 Å². The Morgan fingerprint density at radius 3 is 1.92 bits per heavy atom. The minimum Gasteiger partial charge on any atom is -0.999 e. The first-order valence-electron chi connectivity index (χ1n) is 3.60. The van der Waals surface area contributed by atoms with Gasteiger partial charge >= 0.3 is 0 Å². The van der Waals surface area contributed by atoms with E-state index in [-0.39, 0.29) is 17.1 Å². The molecule has 2 aromatic carbocycles. The molecule has 0 aliphatic carbocycles. The van der Waals surface area contributed by atoms with Gasteiger partial charge in [-0.15, -0.1) is 23.8 Å². The van der Waals surface area contributed by atoms with Crippen molar-refractivity contribution in [1.29, 1.82) is 0 Å². The van der Waals surface area contributed by atoms with E-state index in [9.17, 15) is 0 Å². The average molecular weight is 208 g/mol. The second kappa shape index (κ2) is 7.60. The van der Waals surface area contributed by atoms with Crippen LogP contribution in [0.15, 0.2) is 36.9 Å². The summed E-state index contributed by atoms with van der Waals surface area (Å²) in [6, 6.07) is 20.0. The fraction of sp³-hybridized carbons (Fsp3) is 0. The number of rotatable bonds is 1. The van der Waals surface area contributed by atoms with E-state index >= 15 is 0 Å². The van der Waals surface area contributed by atoms with Crippen molar-refractivity contribution < 1.29 is 17.1 Å². The zero-order valence-electron chi connectivity index (χ0n) is 7.02. The van der Waals surface area contributed by atoms with Crippen molar-refractivity contribution in [2.75, 3.05) is 0 Å². The molecule has 0 fully saturated rings. The smallest absolute Gasteiger partial charge is 0 e. The van der Waals surface area contributed by atoms with Gasteiger partial charge in [-0.1, -0.05) is 0 Å². The molecule has 0 heterocycles. The van der Waals surface area contributed by atoms with Crippen LogP contribution in [-0.2, 0) is 17.1 Å². The molecule has 70 valence electrons. The molecule has 0 aliphatic rings. The summed E-state index contributed by atoms with van der Waals surface area (Å²) in [6.45, 7) is 3.60. The molecular formula is C12H8Fe-6. The molecule has 2 aromatic rings. The minimum atomic E-state index is 0. The summed E-state index contributed by atoms with van der Waals surface area (Å²) < 4.78 is 0. The first kappa shape index (κ1) is 12.0. The Hall–Kier alpha value is -1.04. The number of hydrogen-bond donors (Lipinski definition) is 0. The van der Waals surface area contributed by atoms with Gasteiger partial charge in [0.15, 0.2) is 0 Å². The van der Waals surface area contributed by atoms with Crippen molar-refractivity contribution in [3.05, 3.63) is 66.7 Å². The summed E-state index contributed by atoms with van der Waals surface area (Å²) in [5.74, 6) is 0. The summed E-state index contributed by atoms with van der Waals surface area (Å²) in [4.78, 5) is 0. The Morgan fingerprint density at radius 1 is 1.15 bits per heavy atom. The largest absolute Gasteiger partial charge is 0.999 e. The van der Waals surface area contributed by atoms with Gasteiger partial charge in [-0.2, -0.15) is 18.7 Å². The molecule has 0 bridgehead atoms. The predicted molar refractivity (Wildman–Crippen MR) is 49.5 cm³/mol. The van der Waals surface area contributed by atoms with Gasteiger partial charge in [0, 0.05) is 17.1 Å². The molecule has 0 atom stereocenters. The quantitative estimate of drug-likeness (QED) is 0.499. The Balaban J connectivity index is 0.000000215. The van der Waals surface area contributed by atoms with Crippen LogP contribution in [0.2, 0.25) is 0 Å². The first-order valence-corrected chi connectivity index (χ1v) is 3.60. The Labute approximate surface area is 90.1 Å². The van der Waals surface area contributed by atoms with Crippen LogP contribution in [0.3, 0.4) is 0 Å². The van der Waals surface area contributed by atoms with E-state index in [2.05, 4.69) is 30.8 Å². The van der Waals surface area contributed by atoms with Crippen molar-refractivity contribution in [3.63, 3.8) is 0 Å². The molecular weight excluding hydrogens is 200 g/mol. The fourth-order valence-corrected chi connectivity index (χ4v) is 0.705. The molecule has 13 heavy (non-hydrogen) atoms. The fourth-order valence-electron chi connectivity index (χ4n) is 0.705. The van der Waals surface area contributed by atoms with Gasteiger partial charge in [-0.05, 0) is 0 Å². The maximum Gasteiger partial charge on any atom is 0 e. The second-order valence-corrected chi connectivity index (χ2v) is 2.11. The van der Waals surface area contributed by atoms with Crippen LogP contribution in [0.4, 0.5) is 0 Å². The third-order valence-electron chi connectivity index (χ3n) is 1.28. The molecule has 0 aliphatic heterocycles. The van der Waals surface area contributed by atoms with Gasteiger partial charge in [-0.3, -0.25) is 0 Å². The van der Waals surface area contributed by atoms with Crippen LogP contribution in [0, 0.1) is 24.3 Å². The normalized spacial score (nSPS) is 7.69. The molecule has 0 amide bonds. The summed E-state index contributed by atoms with van der Waals surface area (Å²) in [7, 11) is 0. The van der Waals surface area contributed by atoms with E-state index in [1.54, 1.807) is 6.07 Å². The Bertz CT molecular complexity index is 260. The molecule has 0 radical (unpaired) electrons. The maximum atomic E-state index is 3.60. The Morgan fingerprint density at radius 2 is 1.69 bits per heavy atom. The molecule has 0 saturated heterocycles. The van der Waals surface area contributed by atoms with Crippen molar-refractivity contribution in [3.8, 4) is 0 Å². The van der Waals surface area contributed by atoms with Crippen LogP contribution >= 0.6 is 0 Å². The van der Waals surface area contributed by atoms with Crippen LogP contribution in [0.25, 0.3) is 6.08 Å². The maximum absolute atomic E-state index is 3.60. The third kappa shape index (κ3) is 5.24. The molecule has 2 rings (SSSR count). The molecule has 0 N–H and O–H groups in total. The summed E-state index contributed by atoms with van der Waals surface area (Å²) in [5, 5.41) is 0. The first-order chi connectivity index (χ1) is 5.93. The van der Waals surface area contributed by atoms with E-state index in [0.29, 0.717) is 0 Å². The summed E-state index contributed by atoms with van der Waals surface area (Å²) in [5.41, 5.74) is 1.19. The van der Waals surface area contributed by atoms with E-state index in [1.165, 1.54) is 5.56 Å². The SMILES string of the molecule is C=C[c-]1cccc1.[Fe].[c-]1[c-][c-][cH-][c-]1. The molecule has 0 saturated carbocycles. The van der Waals surface area contributed by atoms with Gasteiger partial charge in [0.1, 0.15) is 0 Å². The Kier molecular flexibility index (Phi) is 6.99. The molecule has 0 aromatic heterocycles. The van der Waals surface area contributed by atoms with Gasteiger partial charge in [-0.25, -0.2) is 0 Å². The molecule has 0 nitrogen and oxygen atoms in total. The van der Waals surface area contributed by atoms with Crippen molar-refractivity contribution >= 4 is 6.08 Å². The van der Waals surface area contributed by atoms with Crippen molar-refractivity contribution in [1.82, 2.24) is 0 Å². The van der Waals surface area contributed by atoms with E-state index < -0.39 is 0 Å². The average Bonchev–Trinajstić information content (AvgIpc) is 2.81. The monoisotopic (exact) mass is 208 g/mol. The van der Waals surface area contributed by atoms with E-state index in [1.807, 2.05) is 30.3 Å². The van der Waals surface area contributed by atoms with Gasteiger partial charge in [0.25, 0.3) is 0 Å². The van der Waals surface area contributed by atoms with Crippen LogP contribution in [0.5, 0.6) is 0 Å². The minimum absolute atomic E-state index is 0. The molecule has 0 spiro atoms. The van der Waals surface area contributed by atoms with Crippen molar-refractivity contribution in [2.24, 2.45) is 0 Å². The zero-order chi connectivity index (χ0) is 8.65. The second-order valence-electron chi connectivity index (χ2n) is 2.11. The van der Waals surface area contributed by atoms with Gasteiger partial charge < -0.3 is 30.3 Å². The van der Waals surface area contributed by atoms with Crippen LogP contribution < -0.4 is 0 Å². The van der Waals surface area contributed by atoms with Gasteiger partial charge in [0.05, 0.1) is 0 Å². The third-order valence-corrected chi connectivity index (χ3v) is 1.28. The van der Waals surface area contributed by atoms with Crippen LogP contribution in [0.1, 0.15) is 5.56 Å². The van der Waals surface area contributed by atoms with E-state index in [0.717, 1.165) is 0 Å². The summed E-state index contributed by atoms with van der Waals surface area (Å²) >= 11 is 0.